The van der Waals surface area contributed by atoms with Gasteiger partial charge in [-0.2, -0.15) is 0 Å². The first-order valence-corrected chi connectivity index (χ1v) is 7.66. The van der Waals surface area contributed by atoms with Crippen LogP contribution in [0.1, 0.15) is 18.9 Å². The van der Waals surface area contributed by atoms with E-state index in [2.05, 4.69) is 17.2 Å². The van der Waals surface area contributed by atoms with E-state index in [1.165, 1.54) is 5.56 Å². The maximum Gasteiger partial charge on any atom is 0.119 e. The Balaban J connectivity index is 1.91. The molecule has 112 valence electrons. The number of halogens is 1. The van der Waals surface area contributed by atoms with E-state index >= 15 is 0 Å². The van der Waals surface area contributed by atoms with Crippen molar-refractivity contribution >= 4 is 11.6 Å². The number of nitrogens with zero attached hydrogens (tertiary/aromatic N) is 1. The fourth-order valence-corrected chi connectivity index (χ4v) is 2.20. The van der Waals surface area contributed by atoms with E-state index in [1.54, 1.807) is 0 Å². The van der Waals surface area contributed by atoms with E-state index in [4.69, 9.17) is 16.3 Å². The van der Waals surface area contributed by atoms with E-state index in [9.17, 15) is 0 Å². The highest BCUT2D eigenvalue weighted by Gasteiger charge is 2.10. The van der Waals surface area contributed by atoms with Crippen molar-refractivity contribution in [3.8, 4) is 5.75 Å². The minimum Gasteiger partial charge on any atom is -0.492 e. The molecule has 0 aliphatic rings. The number of rotatable bonds is 8. The van der Waals surface area contributed by atoms with Gasteiger partial charge in [0.05, 0.1) is 0 Å². The number of aromatic nitrogens is 1. The Bertz CT molecular complexity index is 516. The van der Waals surface area contributed by atoms with Gasteiger partial charge in [-0.05, 0) is 61.3 Å². The number of pyridine rings is 1. The van der Waals surface area contributed by atoms with Gasteiger partial charge < -0.3 is 10.1 Å². The molecule has 0 saturated carbocycles. The topological polar surface area (TPSA) is 34.1 Å². The van der Waals surface area contributed by atoms with E-state index in [0.717, 1.165) is 30.2 Å². The standard InChI is InChI=1S/C17H21ClN2O/c1-2-9-20-16(12-14-7-10-19-11-8-14)13-21-17-5-3-15(18)4-6-17/h3-8,10-11,16,20H,2,9,12-13H2,1H3. The average molecular weight is 305 g/mol. The Morgan fingerprint density at radius 1 is 1.14 bits per heavy atom. The molecule has 0 saturated heterocycles. The molecule has 2 aromatic rings. The Labute approximate surface area is 131 Å². The van der Waals surface area contributed by atoms with Crippen LogP contribution in [0, 0.1) is 0 Å². The largest absolute Gasteiger partial charge is 0.492 e. The van der Waals surface area contributed by atoms with Crippen molar-refractivity contribution < 1.29 is 4.74 Å². The molecule has 1 atom stereocenters. The van der Waals surface area contributed by atoms with Gasteiger partial charge in [0.15, 0.2) is 0 Å². The second kappa shape index (κ2) is 8.65. The molecule has 1 heterocycles. The molecule has 1 N–H and O–H groups in total. The smallest absolute Gasteiger partial charge is 0.119 e. The van der Waals surface area contributed by atoms with Crippen molar-refractivity contribution in [2.24, 2.45) is 0 Å². The minimum absolute atomic E-state index is 0.281. The molecular weight excluding hydrogens is 284 g/mol. The molecule has 1 aromatic carbocycles. The summed E-state index contributed by atoms with van der Waals surface area (Å²) in [5.41, 5.74) is 1.26. The molecule has 3 nitrogen and oxygen atoms in total. The van der Waals surface area contributed by atoms with Gasteiger partial charge in [-0.3, -0.25) is 4.98 Å². The average Bonchev–Trinajstić information content (AvgIpc) is 2.52. The molecule has 2 rings (SSSR count). The van der Waals surface area contributed by atoms with Gasteiger partial charge in [0, 0.05) is 23.5 Å². The highest BCUT2D eigenvalue weighted by molar-refractivity contribution is 6.30. The molecule has 1 aromatic heterocycles. The Hall–Kier alpha value is -1.58. The fourth-order valence-electron chi connectivity index (χ4n) is 2.07. The lowest BCUT2D eigenvalue weighted by Crippen LogP contribution is -2.37. The Morgan fingerprint density at radius 2 is 1.86 bits per heavy atom. The van der Waals surface area contributed by atoms with Crippen molar-refractivity contribution in [3.05, 3.63) is 59.4 Å². The summed E-state index contributed by atoms with van der Waals surface area (Å²) in [6.45, 7) is 3.78. The molecule has 1 unspecified atom stereocenters. The number of hydrogen-bond donors (Lipinski definition) is 1. The zero-order valence-corrected chi connectivity index (χ0v) is 13.0. The van der Waals surface area contributed by atoms with Gasteiger partial charge in [0.2, 0.25) is 0 Å². The lowest BCUT2D eigenvalue weighted by Gasteiger charge is -2.19. The molecule has 4 heteroatoms. The van der Waals surface area contributed by atoms with E-state index < -0.39 is 0 Å². The predicted molar refractivity (Wildman–Crippen MR) is 87.0 cm³/mol. The van der Waals surface area contributed by atoms with Crippen LogP contribution in [0.3, 0.4) is 0 Å². The van der Waals surface area contributed by atoms with E-state index in [0.29, 0.717) is 6.61 Å². The molecule has 0 amide bonds. The summed E-state index contributed by atoms with van der Waals surface area (Å²) >= 11 is 5.88. The highest BCUT2D eigenvalue weighted by Crippen LogP contribution is 2.16. The molecule has 0 fully saturated rings. The molecule has 0 bridgehead atoms. The van der Waals surface area contributed by atoms with Crippen molar-refractivity contribution in [2.75, 3.05) is 13.2 Å². The number of nitrogens with one attached hydrogen (secondary N) is 1. The van der Waals surface area contributed by atoms with Gasteiger partial charge in [-0.1, -0.05) is 18.5 Å². The zero-order chi connectivity index (χ0) is 14.9. The van der Waals surface area contributed by atoms with E-state index in [-0.39, 0.29) is 6.04 Å². The Kier molecular flexibility index (Phi) is 6.51. The molecule has 0 radical (unpaired) electrons. The first kappa shape index (κ1) is 15.8. The molecule has 0 aliphatic heterocycles. The van der Waals surface area contributed by atoms with Gasteiger partial charge in [-0.25, -0.2) is 0 Å². The van der Waals surface area contributed by atoms with Crippen LogP contribution in [0.2, 0.25) is 5.02 Å². The summed E-state index contributed by atoms with van der Waals surface area (Å²) in [7, 11) is 0. The normalized spacial score (nSPS) is 12.1. The highest BCUT2D eigenvalue weighted by atomic mass is 35.5. The summed E-state index contributed by atoms with van der Waals surface area (Å²) < 4.78 is 5.86. The van der Waals surface area contributed by atoms with Crippen molar-refractivity contribution in [2.45, 2.75) is 25.8 Å². The summed E-state index contributed by atoms with van der Waals surface area (Å²) in [6.07, 6.45) is 5.68. The third-order valence-electron chi connectivity index (χ3n) is 3.18. The maximum atomic E-state index is 5.88. The molecule has 0 aliphatic carbocycles. The lowest BCUT2D eigenvalue weighted by molar-refractivity contribution is 0.263. The third kappa shape index (κ3) is 5.74. The molecule has 0 spiro atoms. The summed E-state index contributed by atoms with van der Waals surface area (Å²) in [6, 6.07) is 11.8. The number of ether oxygens (including phenoxy) is 1. The monoisotopic (exact) mass is 304 g/mol. The van der Waals surface area contributed by atoms with Crippen LogP contribution in [0.25, 0.3) is 0 Å². The Morgan fingerprint density at radius 3 is 2.52 bits per heavy atom. The molecular formula is C17H21ClN2O. The lowest BCUT2D eigenvalue weighted by atomic mass is 10.1. The van der Waals surface area contributed by atoms with Gasteiger partial charge in [-0.15, -0.1) is 0 Å². The maximum absolute atomic E-state index is 5.88. The van der Waals surface area contributed by atoms with Crippen LogP contribution in [0.15, 0.2) is 48.8 Å². The number of benzene rings is 1. The summed E-state index contributed by atoms with van der Waals surface area (Å²) in [4.78, 5) is 4.05. The second-order valence-electron chi connectivity index (χ2n) is 4.98. The quantitative estimate of drug-likeness (QED) is 0.807. The van der Waals surface area contributed by atoms with Crippen LogP contribution in [-0.4, -0.2) is 24.2 Å². The van der Waals surface area contributed by atoms with E-state index in [1.807, 2.05) is 48.8 Å². The summed E-state index contributed by atoms with van der Waals surface area (Å²) in [5, 5.41) is 4.25. The zero-order valence-electron chi connectivity index (χ0n) is 12.3. The number of hydrogen-bond acceptors (Lipinski definition) is 3. The first-order chi connectivity index (χ1) is 10.3. The van der Waals surface area contributed by atoms with Gasteiger partial charge in [0.1, 0.15) is 12.4 Å². The SMILES string of the molecule is CCCNC(COc1ccc(Cl)cc1)Cc1ccncc1. The second-order valence-corrected chi connectivity index (χ2v) is 5.41. The fraction of sp³-hybridized carbons (Fsp3) is 0.353. The third-order valence-corrected chi connectivity index (χ3v) is 3.43. The van der Waals surface area contributed by atoms with Gasteiger partial charge in [0.25, 0.3) is 0 Å². The van der Waals surface area contributed by atoms with Crippen LogP contribution in [0.5, 0.6) is 5.75 Å². The summed E-state index contributed by atoms with van der Waals surface area (Å²) in [5.74, 6) is 0.845. The van der Waals surface area contributed by atoms with Crippen LogP contribution < -0.4 is 10.1 Å². The van der Waals surface area contributed by atoms with Gasteiger partial charge >= 0.3 is 0 Å². The molecule has 21 heavy (non-hydrogen) atoms. The van der Waals surface area contributed by atoms with Crippen molar-refractivity contribution in [1.82, 2.24) is 10.3 Å². The minimum atomic E-state index is 0.281. The van der Waals surface area contributed by atoms with Crippen molar-refractivity contribution in [1.29, 1.82) is 0 Å². The van der Waals surface area contributed by atoms with Crippen LogP contribution >= 0.6 is 11.6 Å². The first-order valence-electron chi connectivity index (χ1n) is 7.28. The van der Waals surface area contributed by atoms with Crippen molar-refractivity contribution in [3.63, 3.8) is 0 Å². The van der Waals surface area contributed by atoms with Crippen LogP contribution in [0.4, 0.5) is 0 Å². The van der Waals surface area contributed by atoms with Crippen LogP contribution in [-0.2, 0) is 6.42 Å². The predicted octanol–water partition coefficient (Wildman–Crippen LogP) is 3.72.